The van der Waals surface area contributed by atoms with Crippen LogP contribution in [0.1, 0.15) is 24.0 Å². The van der Waals surface area contributed by atoms with E-state index in [4.69, 9.17) is 50.5 Å². The van der Waals surface area contributed by atoms with Crippen molar-refractivity contribution in [2.75, 3.05) is 6.61 Å². The van der Waals surface area contributed by atoms with Gasteiger partial charge < -0.3 is 15.7 Å². The fourth-order valence-electron chi connectivity index (χ4n) is 2.70. The summed E-state index contributed by atoms with van der Waals surface area (Å²) in [6.07, 6.45) is 2.87. The SMILES string of the molecule is NC(=C(COc1ccc(/C=N/O)c(Cl)c1)C(=O)C1CC1)c1c(Cl)cccc1Cl. The molecule has 3 N–H and O–H groups in total. The lowest BCUT2D eigenvalue weighted by molar-refractivity contribution is -0.116. The number of benzene rings is 2. The number of halogens is 3. The van der Waals surface area contributed by atoms with Crippen LogP contribution in [-0.4, -0.2) is 23.8 Å². The van der Waals surface area contributed by atoms with E-state index >= 15 is 0 Å². The number of rotatable bonds is 7. The van der Waals surface area contributed by atoms with Gasteiger partial charge in [0.2, 0.25) is 0 Å². The second kappa shape index (κ2) is 8.86. The topological polar surface area (TPSA) is 84.9 Å². The summed E-state index contributed by atoms with van der Waals surface area (Å²) in [6.45, 7) is -0.0491. The van der Waals surface area contributed by atoms with E-state index in [2.05, 4.69) is 5.16 Å². The Balaban J connectivity index is 1.91. The van der Waals surface area contributed by atoms with Crippen LogP contribution < -0.4 is 10.5 Å². The average Bonchev–Trinajstić information content (AvgIpc) is 3.49. The Labute approximate surface area is 177 Å². The Morgan fingerprint density at radius 1 is 1.18 bits per heavy atom. The van der Waals surface area contributed by atoms with Gasteiger partial charge in [-0.3, -0.25) is 4.79 Å². The van der Waals surface area contributed by atoms with Crippen molar-refractivity contribution in [3.8, 4) is 5.75 Å². The lowest BCUT2D eigenvalue weighted by Gasteiger charge is -2.15. The van der Waals surface area contributed by atoms with Gasteiger partial charge in [-0.05, 0) is 43.2 Å². The molecule has 0 bridgehead atoms. The molecule has 0 radical (unpaired) electrons. The molecule has 2 aromatic carbocycles. The maximum atomic E-state index is 12.8. The highest BCUT2D eigenvalue weighted by molar-refractivity contribution is 6.37. The Hall–Kier alpha value is -2.21. The van der Waals surface area contributed by atoms with Gasteiger partial charge in [-0.2, -0.15) is 0 Å². The molecule has 1 aliphatic rings. The van der Waals surface area contributed by atoms with E-state index in [1.165, 1.54) is 6.21 Å². The number of ketones is 1. The molecule has 0 aliphatic heterocycles. The average molecular weight is 440 g/mol. The van der Waals surface area contributed by atoms with Crippen molar-refractivity contribution in [1.29, 1.82) is 0 Å². The van der Waals surface area contributed by atoms with Crippen LogP contribution in [0.5, 0.6) is 5.75 Å². The minimum Gasteiger partial charge on any atom is -0.489 e. The van der Waals surface area contributed by atoms with Crippen molar-refractivity contribution in [2.45, 2.75) is 12.8 Å². The molecule has 0 saturated heterocycles. The van der Waals surface area contributed by atoms with E-state index in [0.717, 1.165) is 12.8 Å². The zero-order chi connectivity index (χ0) is 20.3. The predicted octanol–water partition coefficient (Wildman–Crippen LogP) is 5.18. The number of nitrogens with two attached hydrogens (primary N) is 1. The highest BCUT2D eigenvalue weighted by atomic mass is 35.5. The van der Waals surface area contributed by atoms with Gasteiger partial charge >= 0.3 is 0 Å². The lowest BCUT2D eigenvalue weighted by Crippen LogP contribution is -2.18. The molecule has 0 spiro atoms. The molecule has 3 rings (SSSR count). The molecule has 146 valence electrons. The molecule has 5 nitrogen and oxygen atoms in total. The number of carbonyl (C=O) groups is 1. The molecule has 0 aromatic heterocycles. The van der Waals surface area contributed by atoms with Crippen molar-refractivity contribution < 1.29 is 14.7 Å². The zero-order valence-electron chi connectivity index (χ0n) is 14.7. The molecule has 0 heterocycles. The van der Waals surface area contributed by atoms with Crippen LogP contribution in [0, 0.1) is 5.92 Å². The van der Waals surface area contributed by atoms with Gasteiger partial charge in [0, 0.05) is 17.0 Å². The van der Waals surface area contributed by atoms with Crippen LogP contribution in [-0.2, 0) is 4.79 Å². The highest BCUT2D eigenvalue weighted by Gasteiger charge is 2.34. The molecule has 0 atom stereocenters. The van der Waals surface area contributed by atoms with Crippen LogP contribution in [0.3, 0.4) is 0 Å². The van der Waals surface area contributed by atoms with Crippen molar-refractivity contribution in [3.05, 3.63) is 68.2 Å². The number of hydrogen-bond donors (Lipinski definition) is 2. The third-order valence-corrected chi connectivity index (χ3v) is 5.31. The fraction of sp³-hybridized carbons (Fsp3) is 0.200. The fourth-order valence-corrected chi connectivity index (χ4v) is 3.52. The van der Waals surface area contributed by atoms with Crippen LogP contribution in [0.4, 0.5) is 0 Å². The zero-order valence-corrected chi connectivity index (χ0v) is 16.9. The number of ether oxygens (including phenoxy) is 1. The summed E-state index contributed by atoms with van der Waals surface area (Å²) in [5.74, 6) is 0.327. The van der Waals surface area contributed by atoms with Crippen LogP contribution in [0.25, 0.3) is 5.70 Å². The lowest BCUT2D eigenvalue weighted by atomic mass is 10.0. The normalized spacial score (nSPS) is 14.8. The Bertz CT molecular complexity index is 949. The number of hydrogen-bond acceptors (Lipinski definition) is 5. The number of oxime groups is 1. The predicted molar refractivity (Wildman–Crippen MR) is 112 cm³/mol. The first kappa shape index (κ1) is 20.5. The number of Topliss-reactive ketones (excluding diaryl/α,β-unsaturated/α-hetero) is 1. The summed E-state index contributed by atoms with van der Waals surface area (Å²) in [6, 6.07) is 9.89. The second-order valence-corrected chi connectivity index (χ2v) is 7.57. The second-order valence-electron chi connectivity index (χ2n) is 6.34. The monoisotopic (exact) mass is 438 g/mol. The molecular formula is C20H17Cl3N2O3. The minimum absolute atomic E-state index is 0.0491. The molecule has 28 heavy (non-hydrogen) atoms. The van der Waals surface area contributed by atoms with E-state index in [9.17, 15) is 4.79 Å². The molecule has 1 fully saturated rings. The van der Waals surface area contributed by atoms with E-state index in [1.807, 2.05) is 0 Å². The number of nitrogens with zero attached hydrogens (tertiary/aromatic N) is 1. The first-order valence-corrected chi connectivity index (χ1v) is 9.62. The highest BCUT2D eigenvalue weighted by Crippen LogP contribution is 2.36. The van der Waals surface area contributed by atoms with Gasteiger partial charge in [-0.15, -0.1) is 0 Å². The van der Waals surface area contributed by atoms with Gasteiger partial charge in [0.15, 0.2) is 5.78 Å². The summed E-state index contributed by atoms with van der Waals surface area (Å²) in [7, 11) is 0. The van der Waals surface area contributed by atoms with Gasteiger partial charge in [-0.25, -0.2) is 0 Å². The molecule has 1 aliphatic carbocycles. The smallest absolute Gasteiger partial charge is 0.167 e. The standard InChI is InChI=1S/C20H17Cl3N2O3/c21-15-2-1-3-16(22)18(15)19(24)14(20(26)11-4-5-11)10-28-13-7-6-12(9-25-27)17(23)8-13/h1-3,6-9,11,27H,4-5,10,24H2/b19-14?,25-9+. The largest absolute Gasteiger partial charge is 0.489 e. The van der Waals surface area contributed by atoms with Crippen molar-refractivity contribution >= 4 is 52.5 Å². The molecule has 1 saturated carbocycles. The Kier molecular flexibility index (Phi) is 6.50. The number of carbonyl (C=O) groups excluding carboxylic acids is 1. The maximum absolute atomic E-state index is 12.8. The first-order valence-electron chi connectivity index (χ1n) is 8.49. The third-order valence-electron chi connectivity index (χ3n) is 4.35. The van der Waals surface area contributed by atoms with Crippen molar-refractivity contribution in [2.24, 2.45) is 16.8 Å². The maximum Gasteiger partial charge on any atom is 0.167 e. The molecular weight excluding hydrogens is 423 g/mol. The van der Waals surface area contributed by atoms with E-state index in [1.54, 1.807) is 36.4 Å². The quantitative estimate of drug-likeness (QED) is 0.269. The Morgan fingerprint density at radius 3 is 2.43 bits per heavy atom. The van der Waals surface area contributed by atoms with E-state index in [0.29, 0.717) is 37.5 Å². The summed E-state index contributed by atoms with van der Waals surface area (Å²) < 4.78 is 5.77. The summed E-state index contributed by atoms with van der Waals surface area (Å²) in [5.41, 5.74) is 7.80. The van der Waals surface area contributed by atoms with Gasteiger partial charge in [0.1, 0.15) is 12.4 Å². The summed E-state index contributed by atoms with van der Waals surface area (Å²) >= 11 is 18.6. The van der Waals surface area contributed by atoms with Crippen molar-refractivity contribution in [1.82, 2.24) is 0 Å². The Morgan fingerprint density at radius 2 is 1.86 bits per heavy atom. The minimum atomic E-state index is -0.0661. The third kappa shape index (κ3) is 4.61. The summed E-state index contributed by atoms with van der Waals surface area (Å²) in [4.78, 5) is 12.8. The van der Waals surface area contributed by atoms with Gasteiger partial charge in [0.25, 0.3) is 0 Å². The van der Waals surface area contributed by atoms with Crippen LogP contribution >= 0.6 is 34.8 Å². The molecule has 0 unspecified atom stereocenters. The van der Waals surface area contributed by atoms with Crippen molar-refractivity contribution in [3.63, 3.8) is 0 Å². The van der Waals surface area contributed by atoms with Crippen LogP contribution in [0.15, 0.2) is 47.1 Å². The first-order chi connectivity index (χ1) is 13.4. The van der Waals surface area contributed by atoms with E-state index in [-0.39, 0.29) is 24.0 Å². The van der Waals surface area contributed by atoms with Crippen LogP contribution in [0.2, 0.25) is 15.1 Å². The molecule has 2 aromatic rings. The molecule has 0 amide bonds. The van der Waals surface area contributed by atoms with E-state index < -0.39 is 0 Å². The molecule has 8 heteroatoms. The van der Waals surface area contributed by atoms with Gasteiger partial charge in [-0.1, -0.05) is 46.0 Å². The van der Waals surface area contributed by atoms with Gasteiger partial charge in [0.05, 0.1) is 32.6 Å². The summed E-state index contributed by atoms with van der Waals surface area (Å²) in [5, 5.41) is 12.6.